The molecule has 1 atom stereocenters. The first-order valence-electron chi connectivity index (χ1n) is 10.2. The van der Waals surface area contributed by atoms with E-state index in [1.165, 1.54) is 14.2 Å². The maximum atomic E-state index is 14.5. The van der Waals surface area contributed by atoms with E-state index in [0.717, 1.165) is 12.1 Å². The van der Waals surface area contributed by atoms with Gasteiger partial charge in [0.05, 0.1) is 18.4 Å². The molecule has 0 unspecified atom stereocenters. The molecule has 11 heteroatoms. The van der Waals surface area contributed by atoms with Gasteiger partial charge in [-0.2, -0.15) is 0 Å². The van der Waals surface area contributed by atoms with Crippen LogP contribution in [0, 0.1) is 17.0 Å². The van der Waals surface area contributed by atoms with Crippen molar-refractivity contribution in [3.63, 3.8) is 0 Å². The SMILES string of the molecule is COc1cc(F)c([C@@H](OC)C(=O)NCc2ccc(C(=N)N)cc2OCc2ccccn2)c(F)c1.Cl. The summed E-state index contributed by atoms with van der Waals surface area (Å²) in [6.07, 6.45) is 0.106. The van der Waals surface area contributed by atoms with Crippen molar-refractivity contribution in [1.29, 1.82) is 5.41 Å². The molecule has 0 spiro atoms. The number of benzene rings is 2. The van der Waals surface area contributed by atoms with Crippen LogP contribution in [0.1, 0.15) is 28.5 Å². The van der Waals surface area contributed by atoms with E-state index in [0.29, 0.717) is 22.6 Å². The second-order valence-corrected chi connectivity index (χ2v) is 7.18. The summed E-state index contributed by atoms with van der Waals surface area (Å²) in [6, 6.07) is 12.2. The molecule has 0 bridgehead atoms. The van der Waals surface area contributed by atoms with Crippen LogP contribution in [0.15, 0.2) is 54.7 Å². The van der Waals surface area contributed by atoms with Crippen LogP contribution < -0.4 is 20.5 Å². The van der Waals surface area contributed by atoms with Crippen molar-refractivity contribution < 1.29 is 27.8 Å². The molecule has 2 aromatic carbocycles. The number of aromatic nitrogens is 1. The Morgan fingerprint density at radius 3 is 2.43 bits per heavy atom. The summed E-state index contributed by atoms with van der Waals surface area (Å²) < 4.78 is 44.7. The maximum Gasteiger partial charge on any atom is 0.254 e. The molecule has 3 aromatic rings. The molecule has 0 aliphatic rings. The van der Waals surface area contributed by atoms with Crippen LogP contribution in [-0.4, -0.2) is 30.9 Å². The normalized spacial score (nSPS) is 11.2. The van der Waals surface area contributed by atoms with Gasteiger partial charge in [-0.25, -0.2) is 8.78 Å². The first kappa shape index (κ1) is 27.5. The van der Waals surface area contributed by atoms with Gasteiger partial charge in [0, 0.05) is 43.1 Å². The van der Waals surface area contributed by atoms with E-state index >= 15 is 0 Å². The van der Waals surface area contributed by atoms with E-state index in [-0.39, 0.29) is 37.1 Å². The summed E-state index contributed by atoms with van der Waals surface area (Å²) in [5.74, 6) is -2.49. The van der Waals surface area contributed by atoms with Gasteiger partial charge < -0.3 is 25.3 Å². The molecule has 0 fully saturated rings. The lowest BCUT2D eigenvalue weighted by molar-refractivity contribution is -0.131. The number of pyridine rings is 1. The number of carbonyl (C=O) groups is 1. The average molecular weight is 507 g/mol. The Labute approximate surface area is 207 Å². The molecule has 8 nitrogen and oxygen atoms in total. The minimum atomic E-state index is -1.53. The average Bonchev–Trinajstić information content (AvgIpc) is 2.84. The van der Waals surface area contributed by atoms with Crippen LogP contribution >= 0.6 is 12.4 Å². The van der Waals surface area contributed by atoms with Crippen molar-refractivity contribution in [2.75, 3.05) is 14.2 Å². The summed E-state index contributed by atoms with van der Waals surface area (Å²) in [5.41, 5.74) is 6.72. The number of hydrogen-bond acceptors (Lipinski definition) is 6. The number of hydrogen-bond donors (Lipinski definition) is 3. The lowest BCUT2D eigenvalue weighted by Crippen LogP contribution is -2.31. The molecular formula is C24H25ClF2N4O4. The van der Waals surface area contributed by atoms with Crippen molar-refractivity contribution in [2.24, 2.45) is 5.73 Å². The second kappa shape index (κ2) is 12.6. The largest absolute Gasteiger partial charge is 0.497 e. The highest BCUT2D eigenvalue weighted by Crippen LogP contribution is 2.28. The standard InChI is InChI=1S/C24H24F2N4O4.ClH/c1-32-17-10-18(25)21(19(26)11-17)22(33-2)24(31)30-12-15-7-6-14(23(27)28)9-20(15)34-13-16-5-3-4-8-29-16;/h3-11,22H,12-13H2,1-2H3,(H3,27,28)(H,30,31);1H/t22-;/m1./s1. The number of amidine groups is 1. The zero-order valence-electron chi connectivity index (χ0n) is 19.0. The van der Waals surface area contributed by atoms with Crippen molar-refractivity contribution in [3.05, 3.63) is 88.7 Å². The minimum Gasteiger partial charge on any atom is -0.497 e. The van der Waals surface area contributed by atoms with Crippen LogP contribution in [0.5, 0.6) is 11.5 Å². The zero-order chi connectivity index (χ0) is 24.7. The molecule has 35 heavy (non-hydrogen) atoms. The Morgan fingerprint density at radius 1 is 1.14 bits per heavy atom. The highest BCUT2D eigenvalue weighted by atomic mass is 35.5. The molecular weight excluding hydrogens is 482 g/mol. The third-order valence-electron chi connectivity index (χ3n) is 4.96. The highest BCUT2D eigenvalue weighted by molar-refractivity contribution is 5.95. The minimum absolute atomic E-state index is 0. The summed E-state index contributed by atoms with van der Waals surface area (Å²) in [6.45, 7) is 0.111. The van der Waals surface area contributed by atoms with E-state index in [2.05, 4.69) is 10.3 Å². The van der Waals surface area contributed by atoms with Gasteiger partial charge in [-0.1, -0.05) is 18.2 Å². The number of rotatable bonds is 10. The Morgan fingerprint density at radius 2 is 1.86 bits per heavy atom. The van der Waals surface area contributed by atoms with Gasteiger partial charge >= 0.3 is 0 Å². The van der Waals surface area contributed by atoms with Crippen molar-refractivity contribution in [1.82, 2.24) is 10.3 Å². The van der Waals surface area contributed by atoms with Gasteiger partial charge in [0.1, 0.15) is 35.6 Å². The predicted octanol–water partition coefficient (Wildman–Crippen LogP) is 3.66. The number of ether oxygens (including phenoxy) is 3. The monoisotopic (exact) mass is 506 g/mol. The summed E-state index contributed by atoms with van der Waals surface area (Å²) in [4.78, 5) is 17.0. The molecule has 1 heterocycles. The number of nitrogens with zero attached hydrogens (tertiary/aromatic N) is 1. The molecule has 0 aliphatic carbocycles. The van der Waals surface area contributed by atoms with E-state index in [1.54, 1.807) is 36.5 Å². The van der Waals surface area contributed by atoms with E-state index < -0.39 is 29.2 Å². The van der Waals surface area contributed by atoms with Crippen LogP contribution in [0.25, 0.3) is 0 Å². The van der Waals surface area contributed by atoms with E-state index in [1.807, 2.05) is 6.07 Å². The first-order chi connectivity index (χ1) is 16.3. The maximum absolute atomic E-state index is 14.5. The summed E-state index contributed by atoms with van der Waals surface area (Å²) >= 11 is 0. The van der Waals surface area contributed by atoms with E-state index in [4.69, 9.17) is 25.4 Å². The Hall–Kier alpha value is -3.76. The molecule has 1 aromatic heterocycles. The van der Waals surface area contributed by atoms with Crippen molar-refractivity contribution in [3.8, 4) is 11.5 Å². The second-order valence-electron chi connectivity index (χ2n) is 7.18. The Bertz CT molecular complexity index is 1160. The Kier molecular flexibility index (Phi) is 9.92. The fourth-order valence-corrected chi connectivity index (χ4v) is 3.20. The smallest absolute Gasteiger partial charge is 0.254 e. The predicted molar refractivity (Wildman–Crippen MR) is 128 cm³/mol. The number of nitrogens with one attached hydrogen (secondary N) is 2. The third kappa shape index (κ3) is 6.87. The number of nitrogens with two attached hydrogens (primary N) is 1. The Balaban J connectivity index is 0.00000432. The van der Waals surface area contributed by atoms with E-state index in [9.17, 15) is 13.6 Å². The van der Waals surface area contributed by atoms with Crippen LogP contribution in [0.2, 0.25) is 0 Å². The van der Waals surface area contributed by atoms with Crippen LogP contribution in [-0.2, 0) is 22.7 Å². The van der Waals surface area contributed by atoms with Crippen molar-refractivity contribution in [2.45, 2.75) is 19.3 Å². The zero-order valence-corrected chi connectivity index (χ0v) is 19.8. The van der Waals surface area contributed by atoms with Gasteiger partial charge in [-0.05, 0) is 18.2 Å². The number of carbonyl (C=O) groups excluding carboxylic acids is 1. The molecule has 0 radical (unpaired) electrons. The molecule has 186 valence electrons. The highest BCUT2D eigenvalue weighted by Gasteiger charge is 2.28. The van der Waals surface area contributed by atoms with Gasteiger partial charge in [-0.15, -0.1) is 12.4 Å². The number of nitrogen functional groups attached to an aromatic ring is 1. The first-order valence-corrected chi connectivity index (χ1v) is 10.2. The molecule has 1 amide bonds. The molecule has 0 aliphatic heterocycles. The molecule has 0 saturated carbocycles. The number of methoxy groups -OCH3 is 2. The van der Waals surface area contributed by atoms with Crippen LogP contribution in [0.4, 0.5) is 8.78 Å². The molecule has 0 saturated heterocycles. The molecule has 4 N–H and O–H groups in total. The molecule has 3 rings (SSSR count). The summed E-state index contributed by atoms with van der Waals surface area (Å²) in [5, 5.41) is 10.3. The van der Waals surface area contributed by atoms with Gasteiger partial charge in [0.25, 0.3) is 5.91 Å². The van der Waals surface area contributed by atoms with Crippen molar-refractivity contribution >= 4 is 24.1 Å². The number of halogens is 3. The third-order valence-corrected chi connectivity index (χ3v) is 4.96. The van der Waals surface area contributed by atoms with Crippen LogP contribution in [0.3, 0.4) is 0 Å². The quantitative estimate of drug-likeness (QED) is 0.285. The fourth-order valence-electron chi connectivity index (χ4n) is 3.20. The topological polar surface area (TPSA) is 120 Å². The number of amides is 1. The van der Waals surface area contributed by atoms with Gasteiger partial charge in [-0.3, -0.25) is 15.2 Å². The fraction of sp³-hybridized carbons (Fsp3) is 0.208. The lowest BCUT2D eigenvalue weighted by Gasteiger charge is -2.19. The summed E-state index contributed by atoms with van der Waals surface area (Å²) in [7, 11) is 2.45. The lowest BCUT2D eigenvalue weighted by atomic mass is 10.1. The van der Waals surface area contributed by atoms with Gasteiger partial charge in [0.2, 0.25) is 0 Å². The van der Waals surface area contributed by atoms with Gasteiger partial charge in [0.15, 0.2) is 6.10 Å².